The van der Waals surface area contributed by atoms with Gasteiger partial charge in [0, 0.05) is 37.8 Å². The number of amides is 2. The lowest BCUT2D eigenvalue weighted by molar-refractivity contribution is -0.127. The van der Waals surface area contributed by atoms with Crippen LogP contribution < -0.4 is 15.1 Å². The maximum atomic E-state index is 13.2. The number of benzene rings is 1. The van der Waals surface area contributed by atoms with Gasteiger partial charge in [0.05, 0.1) is 17.9 Å². The minimum atomic E-state index is -0.922. The van der Waals surface area contributed by atoms with Crippen LogP contribution in [0.5, 0.6) is 0 Å². The van der Waals surface area contributed by atoms with Crippen LogP contribution in [0.15, 0.2) is 35.8 Å². The number of nitrogens with zero attached hydrogens (tertiary/aromatic N) is 4. The summed E-state index contributed by atoms with van der Waals surface area (Å²) in [5, 5.41) is 5.91. The van der Waals surface area contributed by atoms with Crippen LogP contribution >= 0.6 is 11.3 Å². The van der Waals surface area contributed by atoms with Crippen LogP contribution in [0.4, 0.5) is 16.5 Å². The third-order valence-electron chi connectivity index (χ3n) is 5.18. The summed E-state index contributed by atoms with van der Waals surface area (Å²) in [7, 11) is 0. The molecule has 0 unspecified atom stereocenters. The van der Waals surface area contributed by atoms with E-state index in [9.17, 15) is 9.59 Å². The molecular formula is C19H23N5O2S. The van der Waals surface area contributed by atoms with E-state index in [0.29, 0.717) is 12.2 Å². The van der Waals surface area contributed by atoms with Crippen molar-refractivity contribution >= 4 is 39.7 Å². The lowest BCUT2D eigenvalue weighted by Gasteiger charge is -2.43. The molecule has 142 valence electrons. The van der Waals surface area contributed by atoms with Gasteiger partial charge in [-0.1, -0.05) is 12.1 Å². The summed E-state index contributed by atoms with van der Waals surface area (Å²) >= 11 is 1.64. The Morgan fingerprint density at radius 2 is 1.96 bits per heavy atom. The number of rotatable bonds is 3. The molecule has 0 aliphatic carbocycles. The third kappa shape index (κ3) is 3.30. The monoisotopic (exact) mass is 385 g/mol. The summed E-state index contributed by atoms with van der Waals surface area (Å²) < 4.78 is 0. The van der Waals surface area contributed by atoms with Gasteiger partial charge in [-0.2, -0.15) is 0 Å². The van der Waals surface area contributed by atoms with Crippen molar-refractivity contribution in [2.24, 2.45) is 0 Å². The highest BCUT2D eigenvalue weighted by Crippen LogP contribution is 2.36. The molecule has 1 N–H and O–H groups in total. The molecule has 2 aliphatic rings. The minimum Gasteiger partial charge on any atom is -0.346 e. The van der Waals surface area contributed by atoms with Crippen molar-refractivity contribution in [1.29, 1.82) is 0 Å². The SMILES string of the molecule is CC1(C)C(=O)Nc2ccccc2N1C(=O)CN1CCN(c2nccs2)CC1. The molecule has 1 aromatic carbocycles. The standard InChI is InChI=1S/C19H23N5O2S/c1-19(2)17(26)21-14-5-3-4-6-15(14)24(19)16(25)13-22-8-10-23(11-9-22)18-20-7-12-27-18/h3-7,12H,8-11,13H2,1-2H3,(H,21,26). The normalized spacial score (nSPS) is 19.6. The lowest BCUT2D eigenvalue weighted by Crippen LogP contribution is -2.61. The number of aromatic nitrogens is 1. The van der Waals surface area contributed by atoms with Gasteiger partial charge in [-0.3, -0.25) is 19.4 Å². The van der Waals surface area contributed by atoms with Crippen molar-refractivity contribution in [3.05, 3.63) is 35.8 Å². The number of hydrogen-bond donors (Lipinski definition) is 1. The lowest BCUT2D eigenvalue weighted by atomic mass is 9.96. The summed E-state index contributed by atoms with van der Waals surface area (Å²) in [6.45, 7) is 7.17. The third-order valence-corrected chi connectivity index (χ3v) is 6.01. The number of piperazine rings is 1. The van der Waals surface area contributed by atoms with Crippen LogP contribution in [0.2, 0.25) is 0 Å². The Hall–Kier alpha value is -2.45. The highest BCUT2D eigenvalue weighted by molar-refractivity contribution is 7.13. The van der Waals surface area contributed by atoms with Gasteiger partial charge < -0.3 is 10.2 Å². The fourth-order valence-corrected chi connectivity index (χ4v) is 4.33. The first kappa shape index (κ1) is 17.9. The average Bonchev–Trinajstić information content (AvgIpc) is 3.18. The zero-order valence-corrected chi connectivity index (χ0v) is 16.3. The van der Waals surface area contributed by atoms with Gasteiger partial charge in [0.2, 0.25) is 11.8 Å². The van der Waals surface area contributed by atoms with Crippen molar-refractivity contribution in [1.82, 2.24) is 9.88 Å². The van der Waals surface area contributed by atoms with Gasteiger partial charge in [-0.05, 0) is 26.0 Å². The Labute approximate surface area is 162 Å². The van der Waals surface area contributed by atoms with Crippen LogP contribution in [-0.4, -0.2) is 60.0 Å². The van der Waals surface area contributed by atoms with E-state index in [0.717, 1.165) is 37.0 Å². The number of thiazole rings is 1. The van der Waals surface area contributed by atoms with Crippen LogP contribution in [0.1, 0.15) is 13.8 Å². The number of carbonyl (C=O) groups is 2. The number of nitrogens with one attached hydrogen (secondary N) is 1. The Balaban J connectivity index is 1.47. The van der Waals surface area contributed by atoms with Gasteiger partial charge in [0.15, 0.2) is 5.13 Å². The largest absolute Gasteiger partial charge is 0.346 e. The number of anilines is 3. The van der Waals surface area contributed by atoms with Crippen molar-refractivity contribution < 1.29 is 9.59 Å². The number of para-hydroxylation sites is 2. The van der Waals surface area contributed by atoms with Gasteiger partial charge in [0.25, 0.3) is 0 Å². The molecule has 3 heterocycles. The molecule has 27 heavy (non-hydrogen) atoms. The quantitative estimate of drug-likeness (QED) is 0.876. The van der Waals surface area contributed by atoms with E-state index in [2.05, 4.69) is 20.1 Å². The molecule has 2 aliphatic heterocycles. The van der Waals surface area contributed by atoms with Crippen LogP contribution in [0.3, 0.4) is 0 Å². The second-order valence-electron chi connectivity index (χ2n) is 7.34. The summed E-state index contributed by atoms with van der Waals surface area (Å²) in [6, 6.07) is 7.46. The summed E-state index contributed by atoms with van der Waals surface area (Å²) in [4.78, 5) is 36.1. The number of fused-ring (bicyclic) bond motifs is 1. The topological polar surface area (TPSA) is 68.8 Å². The van der Waals surface area contributed by atoms with E-state index in [1.54, 1.807) is 30.1 Å². The second-order valence-corrected chi connectivity index (χ2v) is 8.21. The van der Waals surface area contributed by atoms with Crippen LogP contribution in [0.25, 0.3) is 0 Å². The fourth-order valence-electron chi connectivity index (χ4n) is 3.63. The Morgan fingerprint density at radius 1 is 1.22 bits per heavy atom. The zero-order chi connectivity index (χ0) is 19.0. The Morgan fingerprint density at radius 3 is 2.67 bits per heavy atom. The van der Waals surface area contributed by atoms with Crippen molar-refractivity contribution in [2.45, 2.75) is 19.4 Å². The molecule has 4 rings (SSSR count). The molecule has 0 saturated carbocycles. The summed E-state index contributed by atoms with van der Waals surface area (Å²) in [6.07, 6.45) is 1.82. The highest BCUT2D eigenvalue weighted by atomic mass is 32.1. The zero-order valence-electron chi connectivity index (χ0n) is 15.5. The van der Waals surface area contributed by atoms with Crippen molar-refractivity contribution in [2.75, 3.05) is 47.8 Å². The molecule has 0 radical (unpaired) electrons. The molecular weight excluding hydrogens is 362 g/mol. The summed E-state index contributed by atoms with van der Waals surface area (Å²) in [5.41, 5.74) is 0.519. The first-order valence-corrected chi connectivity index (χ1v) is 9.95. The van der Waals surface area contributed by atoms with Crippen LogP contribution in [0, 0.1) is 0 Å². The van der Waals surface area contributed by atoms with Crippen LogP contribution in [-0.2, 0) is 9.59 Å². The minimum absolute atomic E-state index is 0.0509. The highest BCUT2D eigenvalue weighted by Gasteiger charge is 2.43. The Bertz CT molecular complexity index is 844. The van der Waals surface area contributed by atoms with E-state index in [4.69, 9.17) is 0 Å². The molecule has 0 bridgehead atoms. The first-order valence-electron chi connectivity index (χ1n) is 9.07. The first-order chi connectivity index (χ1) is 13.0. The predicted molar refractivity (Wildman–Crippen MR) is 107 cm³/mol. The summed E-state index contributed by atoms with van der Waals surface area (Å²) in [5.74, 6) is -0.215. The molecule has 1 saturated heterocycles. The van der Waals surface area contributed by atoms with Gasteiger partial charge in [0.1, 0.15) is 5.54 Å². The maximum Gasteiger partial charge on any atom is 0.250 e. The van der Waals surface area contributed by atoms with Crippen molar-refractivity contribution in [3.63, 3.8) is 0 Å². The van der Waals surface area contributed by atoms with E-state index in [1.165, 1.54) is 0 Å². The number of carbonyl (C=O) groups excluding carboxylic acids is 2. The second kappa shape index (κ2) is 6.94. The van der Waals surface area contributed by atoms with Crippen molar-refractivity contribution in [3.8, 4) is 0 Å². The number of hydrogen-bond acceptors (Lipinski definition) is 6. The molecule has 0 atom stereocenters. The predicted octanol–water partition coefficient (Wildman–Crippen LogP) is 2.03. The van der Waals surface area contributed by atoms with Gasteiger partial charge in [-0.25, -0.2) is 4.98 Å². The molecule has 8 heteroatoms. The molecule has 1 aromatic heterocycles. The van der Waals surface area contributed by atoms with Gasteiger partial charge in [-0.15, -0.1) is 11.3 Å². The maximum absolute atomic E-state index is 13.2. The van der Waals surface area contributed by atoms with E-state index < -0.39 is 5.54 Å². The molecule has 0 spiro atoms. The van der Waals surface area contributed by atoms with E-state index >= 15 is 0 Å². The molecule has 7 nitrogen and oxygen atoms in total. The Kier molecular flexibility index (Phi) is 4.61. The van der Waals surface area contributed by atoms with E-state index in [1.807, 2.05) is 35.8 Å². The fraction of sp³-hybridized carbons (Fsp3) is 0.421. The molecule has 2 amide bonds. The van der Waals surface area contributed by atoms with Gasteiger partial charge >= 0.3 is 0 Å². The van der Waals surface area contributed by atoms with E-state index in [-0.39, 0.29) is 11.8 Å². The molecule has 2 aromatic rings. The average molecular weight is 385 g/mol. The molecule has 1 fully saturated rings. The smallest absolute Gasteiger partial charge is 0.250 e.